The fourth-order valence-corrected chi connectivity index (χ4v) is 2.14. The number of hydrogen-bond acceptors (Lipinski definition) is 6. The number of furan rings is 1. The average molecular weight is 347 g/mol. The Labute approximate surface area is 143 Å². The minimum atomic E-state index is -1.32. The molecule has 1 amide bonds. The average Bonchev–Trinajstić information content (AvgIpc) is 3.14. The number of carboxylic acid groups (broad SMARTS) is 1. The lowest BCUT2D eigenvalue weighted by Gasteiger charge is -2.14. The van der Waals surface area contributed by atoms with Crippen LogP contribution < -0.4 is 19.5 Å². The van der Waals surface area contributed by atoms with Crippen LogP contribution >= 0.6 is 0 Å². The van der Waals surface area contributed by atoms with E-state index in [9.17, 15) is 14.7 Å². The lowest BCUT2D eigenvalue weighted by atomic mass is 10.1. The molecule has 0 aliphatic carbocycles. The summed E-state index contributed by atoms with van der Waals surface area (Å²) in [5, 5.41) is 11.6. The number of carbonyl (C=O) groups is 2. The second-order valence-corrected chi connectivity index (χ2v) is 4.72. The molecule has 0 aliphatic heterocycles. The van der Waals surface area contributed by atoms with Gasteiger partial charge in [-0.2, -0.15) is 0 Å². The fraction of sp³-hybridized carbons (Fsp3) is 0.176. The summed E-state index contributed by atoms with van der Waals surface area (Å²) in [5.41, 5.74) is 0.0317. The van der Waals surface area contributed by atoms with Crippen molar-refractivity contribution in [2.24, 2.45) is 0 Å². The molecule has 0 bridgehead atoms. The van der Waals surface area contributed by atoms with Crippen molar-refractivity contribution in [2.45, 2.75) is 0 Å². The highest BCUT2D eigenvalue weighted by molar-refractivity contribution is 6.01. The molecule has 1 aromatic heterocycles. The second kappa shape index (κ2) is 7.91. The molecule has 8 heteroatoms. The molecular weight excluding hydrogens is 330 g/mol. The van der Waals surface area contributed by atoms with Gasteiger partial charge in [-0.05, 0) is 30.3 Å². The molecule has 1 heterocycles. The monoisotopic (exact) mass is 347 g/mol. The lowest BCUT2D eigenvalue weighted by Crippen LogP contribution is -2.26. The van der Waals surface area contributed by atoms with E-state index in [-0.39, 0.29) is 17.2 Å². The molecule has 0 fully saturated rings. The van der Waals surface area contributed by atoms with Crippen LogP contribution in [0.3, 0.4) is 0 Å². The number of benzene rings is 1. The maximum Gasteiger partial charge on any atom is 0.352 e. The van der Waals surface area contributed by atoms with Gasteiger partial charge in [0.15, 0.2) is 17.3 Å². The number of methoxy groups -OCH3 is 3. The van der Waals surface area contributed by atoms with Crippen molar-refractivity contribution >= 4 is 18.0 Å². The number of rotatable bonds is 7. The third-order valence-corrected chi connectivity index (χ3v) is 3.26. The van der Waals surface area contributed by atoms with Gasteiger partial charge < -0.3 is 29.1 Å². The molecule has 2 aromatic rings. The molecule has 0 unspecified atom stereocenters. The van der Waals surface area contributed by atoms with Gasteiger partial charge in [0.1, 0.15) is 5.70 Å². The zero-order valence-electron chi connectivity index (χ0n) is 13.9. The highest BCUT2D eigenvalue weighted by Gasteiger charge is 2.19. The smallest absolute Gasteiger partial charge is 0.352 e. The van der Waals surface area contributed by atoms with Crippen LogP contribution in [0.1, 0.15) is 16.1 Å². The molecule has 0 aliphatic rings. The Morgan fingerprint density at radius 3 is 2.32 bits per heavy atom. The summed E-state index contributed by atoms with van der Waals surface area (Å²) >= 11 is 0. The van der Waals surface area contributed by atoms with Crippen LogP contribution in [-0.4, -0.2) is 38.3 Å². The number of amides is 1. The summed E-state index contributed by atoms with van der Waals surface area (Å²) in [6.45, 7) is 0. The number of carbonyl (C=O) groups excluding carboxylic acids is 1. The third kappa shape index (κ3) is 3.92. The van der Waals surface area contributed by atoms with Gasteiger partial charge in [-0.15, -0.1) is 0 Å². The predicted molar refractivity (Wildman–Crippen MR) is 87.9 cm³/mol. The van der Waals surface area contributed by atoms with Gasteiger partial charge in [0.25, 0.3) is 5.91 Å². The number of hydrogen-bond donors (Lipinski definition) is 2. The minimum absolute atomic E-state index is 0.00794. The largest absolute Gasteiger partial charge is 0.493 e. The van der Waals surface area contributed by atoms with Crippen molar-refractivity contribution in [3.05, 3.63) is 47.5 Å². The van der Waals surface area contributed by atoms with Crippen molar-refractivity contribution in [3.8, 4) is 17.2 Å². The van der Waals surface area contributed by atoms with E-state index in [2.05, 4.69) is 5.32 Å². The Morgan fingerprint density at radius 2 is 1.80 bits per heavy atom. The number of aliphatic carboxylic acids is 1. The van der Waals surface area contributed by atoms with Crippen molar-refractivity contribution in [1.29, 1.82) is 0 Å². The van der Waals surface area contributed by atoms with E-state index < -0.39 is 11.9 Å². The first kappa shape index (κ1) is 17.9. The molecule has 25 heavy (non-hydrogen) atoms. The van der Waals surface area contributed by atoms with Gasteiger partial charge >= 0.3 is 5.97 Å². The van der Waals surface area contributed by atoms with Gasteiger partial charge in [-0.25, -0.2) is 4.79 Å². The van der Waals surface area contributed by atoms with Crippen LogP contribution in [-0.2, 0) is 4.79 Å². The van der Waals surface area contributed by atoms with Crippen LogP contribution in [0, 0.1) is 0 Å². The van der Waals surface area contributed by atoms with Gasteiger partial charge in [0.05, 0.1) is 27.6 Å². The molecule has 0 radical (unpaired) electrons. The standard InChI is InChI=1S/C17H17NO7/c1-22-12-7-6-10(14(23-2)15(12)24-3)9-11(17(20)21)18-16(19)13-5-4-8-25-13/h4-9H,1-3H3,(H,18,19)(H,20,21). The Hall–Kier alpha value is -3.42. The third-order valence-electron chi connectivity index (χ3n) is 3.26. The maximum atomic E-state index is 12.0. The number of ether oxygens (including phenoxy) is 3. The Morgan fingerprint density at radius 1 is 1.08 bits per heavy atom. The van der Waals surface area contributed by atoms with E-state index >= 15 is 0 Å². The number of carboxylic acids is 1. The topological polar surface area (TPSA) is 107 Å². The van der Waals surface area contributed by atoms with Crippen LogP contribution in [0.15, 0.2) is 40.6 Å². The first-order chi connectivity index (χ1) is 12.0. The van der Waals surface area contributed by atoms with Crippen LogP contribution in [0.25, 0.3) is 6.08 Å². The summed E-state index contributed by atoms with van der Waals surface area (Å²) in [4.78, 5) is 23.5. The van der Waals surface area contributed by atoms with Gasteiger partial charge in [-0.3, -0.25) is 4.79 Å². The molecule has 0 saturated heterocycles. The van der Waals surface area contributed by atoms with E-state index in [0.717, 1.165) is 0 Å². The Bertz CT molecular complexity index is 794. The van der Waals surface area contributed by atoms with E-state index in [1.807, 2.05) is 0 Å². The van der Waals surface area contributed by atoms with E-state index in [1.54, 1.807) is 12.1 Å². The summed E-state index contributed by atoms with van der Waals surface area (Å²) in [6.07, 6.45) is 2.57. The van der Waals surface area contributed by atoms with Crippen LogP contribution in [0.4, 0.5) is 0 Å². The molecule has 0 spiro atoms. The Balaban J connectivity index is 2.43. The number of nitrogens with one attached hydrogen (secondary N) is 1. The predicted octanol–water partition coefficient (Wildman–Crippen LogP) is 2.16. The fourth-order valence-electron chi connectivity index (χ4n) is 2.14. The zero-order valence-corrected chi connectivity index (χ0v) is 13.9. The second-order valence-electron chi connectivity index (χ2n) is 4.72. The summed E-state index contributed by atoms with van der Waals surface area (Å²) in [6, 6.07) is 6.13. The van der Waals surface area contributed by atoms with Crippen LogP contribution in [0.2, 0.25) is 0 Å². The molecule has 0 atom stereocenters. The lowest BCUT2D eigenvalue weighted by molar-refractivity contribution is -0.132. The summed E-state index contributed by atoms with van der Waals surface area (Å²) < 4.78 is 20.7. The Kier molecular flexibility index (Phi) is 5.67. The molecule has 2 rings (SSSR count). The van der Waals surface area contributed by atoms with Gasteiger partial charge in [0.2, 0.25) is 5.75 Å². The normalized spacial score (nSPS) is 10.9. The first-order valence-corrected chi connectivity index (χ1v) is 7.10. The van der Waals surface area contributed by atoms with Crippen molar-refractivity contribution < 1.29 is 33.3 Å². The van der Waals surface area contributed by atoms with E-state index in [0.29, 0.717) is 17.1 Å². The SMILES string of the molecule is COc1ccc(C=C(NC(=O)c2ccco2)C(=O)O)c(OC)c1OC. The van der Waals surface area contributed by atoms with E-state index in [4.69, 9.17) is 18.6 Å². The summed E-state index contributed by atoms with van der Waals surface area (Å²) in [5.74, 6) is -1.01. The molecule has 0 saturated carbocycles. The summed E-state index contributed by atoms with van der Waals surface area (Å²) in [7, 11) is 4.32. The quantitative estimate of drug-likeness (QED) is 0.739. The minimum Gasteiger partial charge on any atom is -0.493 e. The molecule has 2 N–H and O–H groups in total. The molecule has 132 valence electrons. The van der Waals surface area contributed by atoms with Crippen LogP contribution in [0.5, 0.6) is 17.2 Å². The van der Waals surface area contributed by atoms with Crippen molar-refractivity contribution in [2.75, 3.05) is 21.3 Å². The molecular formula is C17H17NO7. The highest BCUT2D eigenvalue weighted by atomic mass is 16.5. The highest BCUT2D eigenvalue weighted by Crippen LogP contribution is 2.40. The molecule has 8 nitrogen and oxygen atoms in total. The van der Waals surface area contributed by atoms with E-state index in [1.165, 1.54) is 45.8 Å². The maximum absolute atomic E-state index is 12.0. The van der Waals surface area contributed by atoms with Gasteiger partial charge in [-0.1, -0.05) is 0 Å². The van der Waals surface area contributed by atoms with Crippen molar-refractivity contribution in [3.63, 3.8) is 0 Å². The van der Waals surface area contributed by atoms with Gasteiger partial charge in [0, 0.05) is 5.56 Å². The molecule has 1 aromatic carbocycles. The zero-order chi connectivity index (χ0) is 18.4. The van der Waals surface area contributed by atoms with Crippen molar-refractivity contribution in [1.82, 2.24) is 5.32 Å². The first-order valence-electron chi connectivity index (χ1n) is 7.10.